The molecule has 0 spiro atoms. The molecule has 2 heterocycles. The smallest absolute Gasteiger partial charge is 0.390 e. The first-order valence-electron chi connectivity index (χ1n) is 18.7. The molecule has 0 saturated heterocycles. The highest BCUT2D eigenvalue weighted by atomic mass is 31.2. The average Bonchev–Trinajstić information content (AvgIpc) is 3.54. The molecule has 12 nitrogen and oxygen atoms in total. The van der Waals surface area contributed by atoms with Gasteiger partial charge in [0.15, 0.2) is 5.82 Å². The molecule has 0 fully saturated rings. The lowest BCUT2D eigenvalue weighted by Gasteiger charge is -2.33. The van der Waals surface area contributed by atoms with Crippen molar-refractivity contribution in [3.63, 3.8) is 0 Å². The summed E-state index contributed by atoms with van der Waals surface area (Å²) in [6, 6.07) is 9.41. The average molecular weight is 748 g/mol. The lowest BCUT2D eigenvalue weighted by molar-refractivity contribution is -0.116. The first kappa shape index (κ1) is 43.5. The zero-order valence-corrected chi connectivity index (χ0v) is 32.1. The van der Waals surface area contributed by atoms with Crippen molar-refractivity contribution < 1.29 is 37.5 Å². The van der Waals surface area contributed by atoms with Crippen LogP contribution in [-0.4, -0.2) is 62.7 Å². The van der Waals surface area contributed by atoms with Gasteiger partial charge in [0.1, 0.15) is 23.3 Å². The van der Waals surface area contributed by atoms with Gasteiger partial charge in [0.2, 0.25) is 0 Å². The van der Waals surface area contributed by atoms with Gasteiger partial charge in [-0.2, -0.15) is 10.4 Å². The summed E-state index contributed by atoms with van der Waals surface area (Å²) < 4.78 is 50.9. The Hall–Kier alpha value is -2.95. The minimum atomic E-state index is -4.62. The molecule has 0 aliphatic heterocycles. The summed E-state index contributed by atoms with van der Waals surface area (Å²) in [5, 5.41) is 24.5. The van der Waals surface area contributed by atoms with Crippen LogP contribution in [0.25, 0.3) is 5.52 Å². The highest BCUT2D eigenvalue weighted by Crippen LogP contribution is 2.45. The SMILES string of the molecule is CCCCCCCCCCCCCCCC[C@@H](COP(=O)(O)OC[C@@](C)(OC)[C@@H](O)Cc1ccc2c(N)ncnn12)OCc1cc(F)cc(C#N)c1. The molecule has 1 aromatic carbocycles. The molecule has 290 valence electrons. The molecule has 52 heavy (non-hydrogen) atoms. The quantitative estimate of drug-likeness (QED) is 0.0482. The van der Waals surface area contributed by atoms with E-state index in [0.717, 1.165) is 31.7 Å². The largest absolute Gasteiger partial charge is 0.472 e. The van der Waals surface area contributed by atoms with E-state index < -0.39 is 38.1 Å². The summed E-state index contributed by atoms with van der Waals surface area (Å²) in [5.74, 6) is -0.252. The van der Waals surface area contributed by atoms with Crippen LogP contribution in [0.5, 0.6) is 0 Å². The van der Waals surface area contributed by atoms with Crippen molar-refractivity contribution in [3.05, 3.63) is 59.3 Å². The van der Waals surface area contributed by atoms with E-state index in [9.17, 15) is 24.2 Å². The molecule has 0 bridgehead atoms. The lowest BCUT2D eigenvalue weighted by Crippen LogP contribution is -2.46. The molecule has 0 radical (unpaired) electrons. The van der Waals surface area contributed by atoms with E-state index in [1.165, 1.54) is 83.7 Å². The van der Waals surface area contributed by atoms with Gasteiger partial charge in [-0.3, -0.25) is 9.05 Å². The van der Waals surface area contributed by atoms with Crippen molar-refractivity contribution in [2.24, 2.45) is 0 Å². The van der Waals surface area contributed by atoms with Gasteiger partial charge in [-0.15, -0.1) is 0 Å². The van der Waals surface area contributed by atoms with Crippen LogP contribution in [0.2, 0.25) is 0 Å². The van der Waals surface area contributed by atoms with Gasteiger partial charge >= 0.3 is 7.82 Å². The monoisotopic (exact) mass is 747 g/mol. The minimum Gasteiger partial charge on any atom is -0.390 e. The molecule has 0 amide bonds. The number of ether oxygens (including phenoxy) is 2. The fourth-order valence-electron chi connectivity index (χ4n) is 6.08. The fourth-order valence-corrected chi connectivity index (χ4v) is 6.93. The van der Waals surface area contributed by atoms with Gasteiger partial charge in [-0.1, -0.05) is 96.8 Å². The van der Waals surface area contributed by atoms with Crippen LogP contribution >= 0.6 is 7.82 Å². The number of nitrogens with two attached hydrogens (primary N) is 1. The number of rotatable bonds is 28. The van der Waals surface area contributed by atoms with E-state index in [4.69, 9.17) is 24.3 Å². The number of aliphatic hydroxyl groups excluding tert-OH is 1. The molecule has 14 heteroatoms. The molecule has 0 aliphatic rings. The first-order chi connectivity index (χ1) is 25.0. The van der Waals surface area contributed by atoms with Crippen LogP contribution in [0.4, 0.5) is 10.2 Å². The number of nitriles is 1. The lowest BCUT2D eigenvalue weighted by atomic mass is 9.96. The predicted molar refractivity (Wildman–Crippen MR) is 199 cm³/mol. The van der Waals surface area contributed by atoms with Gasteiger partial charge in [0, 0.05) is 19.2 Å². The number of halogens is 1. The van der Waals surface area contributed by atoms with Crippen LogP contribution in [0.1, 0.15) is 127 Å². The molecule has 4 atom stereocenters. The van der Waals surface area contributed by atoms with E-state index in [1.807, 2.05) is 6.07 Å². The standard InChI is InChI=1S/C38H59FN5O7P/c1-4-5-6-7-8-9-10-11-12-13-14-15-16-17-18-34(49-26-31-21-30(25-40)22-32(39)23-31)27-50-52(46,47)51-28-38(2,48-3)36(45)24-33-19-20-35-37(41)42-29-43-44(33)35/h19-23,29,34,36,45H,4-18,24,26-28H2,1-3H3,(H,46,47)(H2,41,42,43)/t34-,36-,38+/m0/s1. The molecule has 4 N–H and O–H groups in total. The van der Waals surface area contributed by atoms with Gasteiger partial charge in [0.25, 0.3) is 0 Å². The number of aromatic nitrogens is 3. The van der Waals surface area contributed by atoms with Crippen molar-refractivity contribution in [3.8, 4) is 6.07 Å². The third-order valence-electron chi connectivity index (χ3n) is 9.52. The zero-order chi connectivity index (χ0) is 37.8. The number of phosphoric acid groups is 1. The van der Waals surface area contributed by atoms with E-state index in [2.05, 4.69) is 17.0 Å². The van der Waals surface area contributed by atoms with E-state index in [0.29, 0.717) is 29.0 Å². The second-order valence-corrected chi connectivity index (χ2v) is 15.3. The Morgan fingerprint density at radius 2 is 1.63 bits per heavy atom. The van der Waals surface area contributed by atoms with Crippen LogP contribution in [0.15, 0.2) is 36.7 Å². The number of hydrogen-bond donors (Lipinski definition) is 3. The Morgan fingerprint density at radius 1 is 1.00 bits per heavy atom. The zero-order valence-electron chi connectivity index (χ0n) is 31.2. The number of hydrogen-bond acceptors (Lipinski definition) is 10. The van der Waals surface area contributed by atoms with Crippen molar-refractivity contribution in [2.45, 2.75) is 141 Å². The maximum absolute atomic E-state index is 14.0. The summed E-state index contributed by atoms with van der Waals surface area (Å²) >= 11 is 0. The Morgan fingerprint density at radius 3 is 2.25 bits per heavy atom. The van der Waals surface area contributed by atoms with Gasteiger partial charge in [0.05, 0.1) is 43.7 Å². The summed E-state index contributed by atoms with van der Waals surface area (Å²) in [6.07, 6.45) is 17.3. The normalized spacial score (nSPS) is 15.2. The summed E-state index contributed by atoms with van der Waals surface area (Å²) in [6.45, 7) is 3.09. The third kappa shape index (κ3) is 15.2. The summed E-state index contributed by atoms with van der Waals surface area (Å²) in [7, 11) is -3.25. The fraction of sp³-hybridized carbons (Fsp3) is 0.658. The highest BCUT2D eigenvalue weighted by molar-refractivity contribution is 7.47. The predicted octanol–water partition coefficient (Wildman–Crippen LogP) is 8.22. The van der Waals surface area contributed by atoms with Crippen LogP contribution in [0, 0.1) is 17.1 Å². The Kier molecular flexibility index (Phi) is 19.2. The number of fused-ring (bicyclic) bond motifs is 1. The first-order valence-corrected chi connectivity index (χ1v) is 20.2. The van der Waals surface area contributed by atoms with Crippen LogP contribution < -0.4 is 5.73 Å². The van der Waals surface area contributed by atoms with Crippen molar-refractivity contribution in [2.75, 3.05) is 26.1 Å². The number of nitrogen functional groups attached to an aromatic ring is 1. The summed E-state index contributed by atoms with van der Waals surface area (Å²) in [5.41, 5.74) is 6.40. The van der Waals surface area contributed by atoms with E-state index >= 15 is 0 Å². The molecule has 1 unspecified atom stereocenters. The summed E-state index contributed by atoms with van der Waals surface area (Å²) in [4.78, 5) is 14.6. The third-order valence-corrected chi connectivity index (χ3v) is 10.5. The van der Waals surface area contributed by atoms with Crippen molar-refractivity contribution in [1.29, 1.82) is 5.26 Å². The van der Waals surface area contributed by atoms with Crippen molar-refractivity contribution in [1.82, 2.24) is 14.6 Å². The molecular weight excluding hydrogens is 688 g/mol. The Labute approximate surface area is 308 Å². The molecule has 3 aromatic rings. The van der Waals surface area contributed by atoms with E-state index in [-0.39, 0.29) is 25.2 Å². The highest BCUT2D eigenvalue weighted by Gasteiger charge is 2.38. The van der Waals surface area contributed by atoms with E-state index in [1.54, 1.807) is 29.6 Å². The number of anilines is 1. The maximum Gasteiger partial charge on any atom is 0.472 e. The Balaban J connectivity index is 1.48. The second kappa shape index (κ2) is 23.0. The number of benzene rings is 1. The molecular formula is C38H59FN5O7P. The molecule has 2 aromatic heterocycles. The second-order valence-electron chi connectivity index (χ2n) is 13.8. The van der Waals surface area contributed by atoms with Crippen LogP contribution in [0.3, 0.4) is 0 Å². The molecule has 3 rings (SSSR count). The van der Waals surface area contributed by atoms with Gasteiger partial charge in [-0.25, -0.2) is 18.5 Å². The number of nitrogens with zero attached hydrogens (tertiary/aromatic N) is 4. The molecule has 0 aliphatic carbocycles. The number of methoxy groups -OCH3 is 1. The number of aliphatic hydroxyl groups is 1. The van der Waals surface area contributed by atoms with Crippen LogP contribution in [-0.2, 0) is 36.1 Å². The van der Waals surface area contributed by atoms with Crippen molar-refractivity contribution >= 4 is 19.2 Å². The van der Waals surface area contributed by atoms with Gasteiger partial charge in [-0.05, 0) is 49.2 Å². The topological polar surface area (TPSA) is 174 Å². The number of phosphoric ester groups is 1. The molecule has 0 saturated carbocycles. The van der Waals surface area contributed by atoms with Gasteiger partial charge < -0.3 is 25.2 Å². The maximum atomic E-state index is 14.0. The Bertz CT molecular complexity index is 1570. The minimum absolute atomic E-state index is 0.00537. The number of unbranched alkanes of at least 4 members (excludes halogenated alkanes) is 13.